The number of aromatic hydroxyl groups is 1. The fraction of sp³-hybridized carbons (Fsp3) is 0.304. The molecule has 1 aliphatic heterocycles. The number of carbonyl (C=O) groups excluding carboxylic acids is 1. The van der Waals surface area contributed by atoms with E-state index in [1.54, 1.807) is 34.7 Å². The number of rotatable bonds is 5. The van der Waals surface area contributed by atoms with Gasteiger partial charge in [0.25, 0.3) is 5.91 Å². The molecular formula is C23H25FN4O4S. The molecule has 1 aromatic heterocycles. The Hall–Kier alpha value is -3.24. The van der Waals surface area contributed by atoms with Crippen LogP contribution < -0.4 is 0 Å². The van der Waals surface area contributed by atoms with Gasteiger partial charge in [-0.25, -0.2) is 17.5 Å². The summed E-state index contributed by atoms with van der Waals surface area (Å²) in [7, 11) is -3.88. The largest absolute Gasteiger partial charge is 0.507 e. The number of sulfonamides is 1. The Balaban J connectivity index is 1.51. The van der Waals surface area contributed by atoms with Crippen LogP contribution in [0.25, 0.3) is 5.69 Å². The first kappa shape index (κ1) is 22.9. The second kappa shape index (κ2) is 8.95. The van der Waals surface area contributed by atoms with E-state index in [0.29, 0.717) is 23.4 Å². The smallest absolute Gasteiger partial charge is 0.257 e. The second-order valence-corrected chi connectivity index (χ2v) is 9.82. The standard InChI is InChI=1S/C23H25FN4O4S/c1-3-20-19(15-25-28(20)18-7-5-17(24)6-8-18)23(30)26-10-12-27(13-11-26)33(31,32)22-14-16(2)4-9-21(22)29/h4-9,14-15,29H,3,10-13H2,1-2H3. The van der Waals surface area contributed by atoms with Crippen LogP contribution >= 0.6 is 0 Å². The highest BCUT2D eigenvalue weighted by Crippen LogP contribution is 2.28. The van der Waals surface area contributed by atoms with Crippen LogP contribution in [0.4, 0.5) is 4.39 Å². The molecule has 1 aliphatic rings. The van der Waals surface area contributed by atoms with Crippen molar-refractivity contribution in [3.05, 3.63) is 71.3 Å². The molecule has 0 aliphatic carbocycles. The molecule has 10 heteroatoms. The molecule has 0 saturated carbocycles. The molecule has 0 spiro atoms. The van der Waals surface area contributed by atoms with E-state index in [-0.39, 0.29) is 48.5 Å². The van der Waals surface area contributed by atoms with E-state index < -0.39 is 10.0 Å². The molecule has 3 aromatic rings. The molecule has 0 bridgehead atoms. The molecule has 8 nitrogen and oxygen atoms in total. The van der Waals surface area contributed by atoms with Gasteiger partial charge in [0.2, 0.25) is 10.0 Å². The van der Waals surface area contributed by atoms with Crippen LogP contribution in [0.1, 0.15) is 28.5 Å². The number of phenols is 1. The lowest BCUT2D eigenvalue weighted by atomic mass is 10.1. The van der Waals surface area contributed by atoms with Crippen LogP contribution in [0.15, 0.2) is 53.6 Å². The van der Waals surface area contributed by atoms with E-state index >= 15 is 0 Å². The Morgan fingerprint density at radius 3 is 2.39 bits per heavy atom. The van der Waals surface area contributed by atoms with Crippen LogP contribution in [0.2, 0.25) is 0 Å². The fourth-order valence-electron chi connectivity index (χ4n) is 3.97. The van der Waals surface area contributed by atoms with Gasteiger partial charge in [0.05, 0.1) is 23.1 Å². The fourth-order valence-corrected chi connectivity index (χ4v) is 5.56. The molecule has 1 amide bonds. The quantitative estimate of drug-likeness (QED) is 0.616. The first-order chi connectivity index (χ1) is 15.7. The lowest BCUT2D eigenvalue weighted by Gasteiger charge is -2.34. The maximum atomic E-state index is 13.3. The van der Waals surface area contributed by atoms with Crippen LogP contribution in [0, 0.1) is 12.7 Å². The molecule has 1 N–H and O–H groups in total. The predicted octanol–water partition coefficient (Wildman–Crippen LogP) is 2.73. The summed E-state index contributed by atoms with van der Waals surface area (Å²) in [6.45, 7) is 4.34. The number of halogens is 1. The summed E-state index contributed by atoms with van der Waals surface area (Å²) in [6.07, 6.45) is 2.04. The summed E-state index contributed by atoms with van der Waals surface area (Å²) in [5.74, 6) is -0.873. The van der Waals surface area contributed by atoms with Gasteiger partial charge in [-0.05, 0) is 55.3 Å². The summed E-state index contributed by atoms with van der Waals surface area (Å²) in [5, 5.41) is 14.4. The highest BCUT2D eigenvalue weighted by Gasteiger charge is 2.33. The molecule has 2 aromatic carbocycles. The molecule has 33 heavy (non-hydrogen) atoms. The van der Waals surface area contributed by atoms with E-state index in [1.165, 1.54) is 34.8 Å². The monoisotopic (exact) mass is 472 g/mol. The Morgan fingerprint density at radius 1 is 1.09 bits per heavy atom. The van der Waals surface area contributed by atoms with Gasteiger partial charge in [0.1, 0.15) is 16.5 Å². The predicted molar refractivity (Wildman–Crippen MR) is 120 cm³/mol. The summed E-state index contributed by atoms with van der Waals surface area (Å²) in [4.78, 5) is 14.7. The number of phenolic OH excluding ortho intramolecular Hbond substituents is 1. The first-order valence-corrected chi connectivity index (χ1v) is 12.1. The van der Waals surface area contributed by atoms with Crippen molar-refractivity contribution in [3.8, 4) is 11.4 Å². The molecule has 4 rings (SSSR count). The van der Waals surface area contributed by atoms with Gasteiger partial charge in [0, 0.05) is 26.2 Å². The molecule has 0 unspecified atom stereocenters. The van der Waals surface area contributed by atoms with Crippen LogP contribution in [0.3, 0.4) is 0 Å². The lowest BCUT2D eigenvalue weighted by molar-refractivity contribution is 0.0696. The Kier molecular flexibility index (Phi) is 6.22. The number of hydrogen-bond acceptors (Lipinski definition) is 5. The van der Waals surface area contributed by atoms with Gasteiger partial charge in [-0.3, -0.25) is 4.79 Å². The number of amides is 1. The number of carbonyl (C=O) groups is 1. The third kappa shape index (κ3) is 4.36. The van der Waals surface area contributed by atoms with Gasteiger partial charge in [-0.1, -0.05) is 13.0 Å². The zero-order chi connectivity index (χ0) is 23.8. The number of hydrogen-bond donors (Lipinski definition) is 1. The zero-order valence-electron chi connectivity index (χ0n) is 18.4. The van der Waals surface area contributed by atoms with Crippen molar-refractivity contribution in [1.29, 1.82) is 0 Å². The van der Waals surface area contributed by atoms with Crippen LogP contribution in [-0.2, 0) is 16.4 Å². The number of nitrogens with zero attached hydrogens (tertiary/aromatic N) is 4. The molecule has 0 atom stereocenters. The van der Waals surface area contributed by atoms with Gasteiger partial charge in [-0.2, -0.15) is 9.40 Å². The molecular weight excluding hydrogens is 447 g/mol. The SMILES string of the molecule is CCc1c(C(=O)N2CCN(S(=O)(=O)c3cc(C)ccc3O)CC2)cnn1-c1ccc(F)cc1. The topological polar surface area (TPSA) is 95.7 Å². The normalized spacial score (nSPS) is 15.1. The van der Waals surface area contributed by atoms with Gasteiger partial charge in [-0.15, -0.1) is 0 Å². The summed E-state index contributed by atoms with van der Waals surface area (Å²) >= 11 is 0. The third-order valence-corrected chi connectivity index (χ3v) is 7.69. The number of aromatic nitrogens is 2. The minimum Gasteiger partial charge on any atom is -0.507 e. The second-order valence-electron chi connectivity index (χ2n) is 7.91. The van der Waals surface area contributed by atoms with E-state index in [1.807, 2.05) is 6.92 Å². The summed E-state index contributed by atoms with van der Waals surface area (Å²) in [5.41, 5.74) is 2.52. The molecule has 2 heterocycles. The minimum absolute atomic E-state index is 0.120. The molecule has 1 fully saturated rings. The third-order valence-electron chi connectivity index (χ3n) is 5.76. The van der Waals surface area contributed by atoms with Crippen LogP contribution in [-0.4, -0.2) is 64.6 Å². The van der Waals surface area contributed by atoms with Crippen molar-refractivity contribution >= 4 is 15.9 Å². The Morgan fingerprint density at radius 2 is 1.76 bits per heavy atom. The molecule has 174 valence electrons. The average molecular weight is 473 g/mol. The zero-order valence-corrected chi connectivity index (χ0v) is 19.2. The van der Waals surface area contributed by atoms with Crippen molar-refractivity contribution in [1.82, 2.24) is 19.0 Å². The van der Waals surface area contributed by atoms with E-state index in [2.05, 4.69) is 5.10 Å². The Bertz CT molecular complexity index is 1280. The van der Waals surface area contributed by atoms with Gasteiger partial charge in [0.15, 0.2) is 0 Å². The highest BCUT2D eigenvalue weighted by molar-refractivity contribution is 7.89. The molecule has 0 radical (unpaired) electrons. The van der Waals surface area contributed by atoms with E-state index in [0.717, 1.165) is 5.56 Å². The number of aryl methyl sites for hydroxylation is 1. The van der Waals surface area contributed by atoms with E-state index in [4.69, 9.17) is 0 Å². The maximum absolute atomic E-state index is 13.3. The van der Waals surface area contributed by atoms with Crippen molar-refractivity contribution in [2.24, 2.45) is 0 Å². The maximum Gasteiger partial charge on any atom is 0.257 e. The van der Waals surface area contributed by atoms with Crippen molar-refractivity contribution in [3.63, 3.8) is 0 Å². The van der Waals surface area contributed by atoms with Crippen molar-refractivity contribution in [2.45, 2.75) is 25.2 Å². The van der Waals surface area contributed by atoms with Gasteiger partial charge >= 0.3 is 0 Å². The van der Waals surface area contributed by atoms with Crippen molar-refractivity contribution in [2.75, 3.05) is 26.2 Å². The highest BCUT2D eigenvalue weighted by atomic mass is 32.2. The number of benzene rings is 2. The minimum atomic E-state index is -3.88. The summed E-state index contributed by atoms with van der Waals surface area (Å²) in [6, 6.07) is 10.3. The average Bonchev–Trinajstić information content (AvgIpc) is 3.24. The number of piperazine rings is 1. The summed E-state index contributed by atoms with van der Waals surface area (Å²) < 4.78 is 42.2. The van der Waals surface area contributed by atoms with Crippen LogP contribution in [0.5, 0.6) is 5.75 Å². The molecule has 1 saturated heterocycles. The van der Waals surface area contributed by atoms with E-state index in [9.17, 15) is 22.7 Å². The lowest BCUT2D eigenvalue weighted by Crippen LogP contribution is -2.50. The van der Waals surface area contributed by atoms with Crippen molar-refractivity contribution < 1.29 is 22.7 Å². The van der Waals surface area contributed by atoms with Gasteiger partial charge < -0.3 is 10.0 Å². The first-order valence-electron chi connectivity index (χ1n) is 10.6. The Labute approximate surface area is 191 Å².